The molecule has 166 valence electrons. The summed E-state index contributed by atoms with van der Waals surface area (Å²) in [5.74, 6) is -1.88. The Bertz CT molecular complexity index is 1040. The van der Waals surface area contributed by atoms with Crippen LogP contribution in [0.25, 0.3) is 0 Å². The van der Waals surface area contributed by atoms with E-state index in [1.165, 1.54) is 11.0 Å². The van der Waals surface area contributed by atoms with E-state index in [4.69, 9.17) is 9.47 Å². The minimum atomic E-state index is -0.579. The number of nitrogens with zero attached hydrogens (tertiary/aromatic N) is 1. The molecular weight excluding hydrogens is 410 g/mol. The number of imide groups is 1. The minimum absolute atomic E-state index is 0.0258. The summed E-state index contributed by atoms with van der Waals surface area (Å²) in [6.07, 6.45) is 3.38. The van der Waals surface area contributed by atoms with Crippen LogP contribution in [-0.4, -0.2) is 30.4 Å². The average molecular weight is 435 g/mol. The van der Waals surface area contributed by atoms with Gasteiger partial charge in [0.15, 0.2) is 0 Å². The Morgan fingerprint density at radius 3 is 2.12 bits per heavy atom. The molecule has 2 fully saturated rings. The van der Waals surface area contributed by atoms with Crippen molar-refractivity contribution in [2.24, 2.45) is 11.8 Å². The van der Waals surface area contributed by atoms with E-state index in [0.717, 1.165) is 25.7 Å². The van der Waals surface area contributed by atoms with E-state index in [9.17, 15) is 19.2 Å². The SMILES string of the molecule is CCOC(=O)c1cccc(COC(=O)c2cccc(N3C(=O)[C@@H]4CCCC[C@H]4C3=O)c2)c1. The van der Waals surface area contributed by atoms with Crippen LogP contribution in [-0.2, 0) is 25.7 Å². The normalized spacial score (nSPS) is 20.1. The molecule has 0 bridgehead atoms. The van der Waals surface area contributed by atoms with Crippen molar-refractivity contribution in [2.45, 2.75) is 39.2 Å². The predicted molar refractivity (Wildman–Crippen MR) is 116 cm³/mol. The lowest BCUT2D eigenvalue weighted by atomic mass is 9.81. The molecule has 0 N–H and O–H groups in total. The molecule has 7 nitrogen and oxygen atoms in total. The Balaban J connectivity index is 1.45. The van der Waals surface area contributed by atoms with E-state index in [1.807, 2.05) is 0 Å². The maximum Gasteiger partial charge on any atom is 0.338 e. The first-order chi connectivity index (χ1) is 15.5. The number of anilines is 1. The molecule has 1 saturated heterocycles. The number of carbonyl (C=O) groups is 4. The highest BCUT2D eigenvalue weighted by molar-refractivity contribution is 6.22. The number of ether oxygens (including phenoxy) is 2. The van der Waals surface area contributed by atoms with Crippen LogP contribution in [0.5, 0.6) is 0 Å². The third kappa shape index (κ3) is 4.28. The summed E-state index contributed by atoms with van der Waals surface area (Å²) in [4.78, 5) is 51.4. The van der Waals surface area contributed by atoms with Crippen molar-refractivity contribution in [1.82, 2.24) is 0 Å². The number of benzene rings is 2. The number of hydrogen-bond acceptors (Lipinski definition) is 6. The van der Waals surface area contributed by atoms with Crippen LogP contribution in [0.1, 0.15) is 58.9 Å². The van der Waals surface area contributed by atoms with Gasteiger partial charge < -0.3 is 9.47 Å². The predicted octanol–water partition coefficient (Wildman–Crippen LogP) is 3.90. The number of hydrogen-bond donors (Lipinski definition) is 0. The Hall–Kier alpha value is -3.48. The molecule has 2 aromatic carbocycles. The highest BCUT2D eigenvalue weighted by atomic mass is 16.5. The van der Waals surface area contributed by atoms with Crippen LogP contribution in [0.3, 0.4) is 0 Å². The Kier molecular flexibility index (Phi) is 6.35. The summed E-state index contributed by atoms with van der Waals surface area (Å²) in [6, 6.07) is 13.1. The lowest BCUT2D eigenvalue weighted by Crippen LogP contribution is -2.31. The first-order valence-corrected chi connectivity index (χ1v) is 10.9. The zero-order valence-electron chi connectivity index (χ0n) is 17.9. The quantitative estimate of drug-likeness (QED) is 0.505. The second kappa shape index (κ2) is 9.34. The van der Waals surface area contributed by atoms with Crippen molar-refractivity contribution in [3.8, 4) is 0 Å². The molecule has 2 aliphatic rings. The van der Waals surface area contributed by atoms with Gasteiger partial charge in [0, 0.05) is 0 Å². The molecule has 0 aromatic heterocycles. The monoisotopic (exact) mass is 435 g/mol. The van der Waals surface area contributed by atoms with Crippen molar-refractivity contribution >= 4 is 29.4 Å². The molecule has 2 amide bonds. The summed E-state index contributed by atoms with van der Waals surface area (Å²) in [6.45, 7) is 1.98. The van der Waals surface area contributed by atoms with Crippen molar-refractivity contribution in [3.05, 3.63) is 65.2 Å². The highest BCUT2D eigenvalue weighted by Gasteiger charge is 2.48. The van der Waals surface area contributed by atoms with Crippen LogP contribution < -0.4 is 4.90 Å². The fraction of sp³-hybridized carbons (Fsp3) is 0.360. The Labute approximate surface area is 186 Å². The first kappa shape index (κ1) is 21.7. The molecule has 0 radical (unpaired) electrons. The molecule has 1 heterocycles. The van der Waals surface area contributed by atoms with Gasteiger partial charge in [0.25, 0.3) is 0 Å². The molecule has 0 spiro atoms. The molecule has 0 unspecified atom stereocenters. The van der Waals surface area contributed by atoms with Gasteiger partial charge >= 0.3 is 11.9 Å². The maximum absolute atomic E-state index is 12.8. The van der Waals surface area contributed by atoms with Crippen LogP contribution in [0.15, 0.2) is 48.5 Å². The molecule has 2 aromatic rings. The Morgan fingerprint density at radius 1 is 0.875 bits per heavy atom. The smallest absolute Gasteiger partial charge is 0.338 e. The van der Waals surface area contributed by atoms with Gasteiger partial charge in [0.1, 0.15) is 6.61 Å². The van der Waals surface area contributed by atoms with Gasteiger partial charge in [-0.25, -0.2) is 9.59 Å². The fourth-order valence-corrected chi connectivity index (χ4v) is 4.42. The third-order valence-electron chi connectivity index (χ3n) is 5.99. The minimum Gasteiger partial charge on any atom is -0.462 e. The topological polar surface area (TPSA) is 90.0 Å². The number of carbonyl (C=O) groups excluding carboxylic acids is 4. The van der Waals surface area contributed by atoms with Gasteiger partial charge in [-0.3, -0.25) is 14.5 Å². The largest absolute Gasteiger partial charge is 0.462 e. The molecular formula is C25H25NO6. The van der Waals surface area contributed by atoms with Gasteiger partial charge in [0.2, 0.25) is 11.8 Å². The van der Waals surface area contributed by atoms with Crippen LogP contribution in [0, 0.1) is 11.8 Å². The molecule has 2 atom stereocenters. The summed E-state index contributed by atoms with van der Waals surface area (Å²) >= 11 is 0. The summed E-state index contributed by atoms with van der Waals surface area (Å²) < 4.78 is 10.4. The summed E-state index contributed by atoms with van der Waals surface area (Å²) in [5.41, 5.74) is 1.68. The lowest BCUT2D eigenvalue weighted by Gasteiger charge is -2.19. The van der Waals surface area contributed by atoms with Crippen molar-refractivity contribution in [1.29, 1.82) is 0 Å². The lowest BCUT2D eigenvalue weighted by molar-refractivity contribution is -0.122. The molecule has 1 aliphatic carbocycles. The molecule has 4 rings (SSSR count). The molecule has 7 heteroatoms. The maximum atomic E-state index is 12.8. The van der Waals surface area contributed by atoms with Crippen molar-refractivity contribution in [2.75, 3.05) is 11.5 Å². The van der Waals surface area contributed by atoms with Gasteiger partial charge in [0.05, 0.1) is 35.3 Å². The van der Waals surface area contributed by atoms with E-state index < -0.39 is 11.9 Å². The number of esters is 2. The average Bonchev–Trinajstić information content (AvgIpc) is 3.08. The van der Waals surface area contributed by atoms with E-state index in [0.29, 0.717) is 16.8 Å². The second-order valence-corrected chi connectivity index (χ2v) is 8.06. The van der Waals surface area contributed by atoms with Gasteiger partial charge in [-0.1, -0.05) is 31.0 Å². The van der Waals surface area contributed by atoms with E-state index >= 15 is 0 Å². The second-order valence-electron chi connectivity index (χ2n) is 8.06. The van der Waals surface area contributed by atoms with E-state index in [1.54, 1.807) is 49.4 Å². The zero-order valence-corrected chi connectivity index (χ0v) is 17.9. The molecule has 1 aliphatic heterocycles. The third-order valence-corrected chi connectivity index (χ3v) is 5.99. The molecule has 1 saturated carbocycles. The molecule has 32 heavy (non-hydrogen) atoms. The van der Waals surface area contributed by atoms with Crippen LogP contribution in [0.4, 0.5) is 5.69 Å². The van der Waals surface area contributed by atoms with E-state index in [2.05, 4.69) is 0 Å². The number of amides is 2. The van der Waals surface area contributed by atoms with Gasteiger partial charge in [-0.15, -0.1) is 0 Å². The first-order valence-electron chi connectivity index (χ1n) is 10.9. The van der Waals surface area contributed by atoms with Crippen LogP contribution >= 0.6 is 0 Å². The summed E-state index contributed by atoms with van der Waals surface area (Å²) in [7, 11) is 0. The van der Waals surface area contributed by atoms with Gasteiger partial charge in [-0.2, -0.15) is 0 Å². The highest BCUT2D eigenvalue weighted by Crippen LogP contribution is 2.40. The standard InChI is InChI=1S/C25H25NO6/c1-2-31-24(29)17-8-5-7-16(13-17)15-32-25(30)18-9-6-10-19(14-18)26-22(27)20-11-3-4-12-21(20)23(26)28/h5-10,13-14,20-21H,2-4,11-12,15H2,1H3/t20-,21-/m1/s1. The van der Waals surface area contributed by atoms with Crippen molar-refractivity contribution in [3.63, 3.8) is 0 Å². The van der Waals surface area contributed by atoms with Gasteiger partial charge in [-0.05, 0) is 55.7 Å². The fourth-order valence-electron chi connectivity index (χ4n) is 4.42. The Morgan fingerprint density at radius 2 is 1.47 bits per heavy atom. The number of fused-ring (bicyclic) bond motifs is 1. The number of rotatable bonds is 6. The van der Waals surface area contributed by atoms with Crippen molar-refractivity contribution < 1.29 is 28.7 Å². The summed E-state index contributed by atoms with van der Waals surface area (Å²) in [5, 5.41) is 0. The zero-order chi connectivity index (χ0) is 22.7. The van der Waals surface area contributed by atoms with E-state index in [-0.39, 0.29) is 42.4 Å². The van der Waals surface area contributed by atoms with Crippen LogP contribution in [0.2, 0.25) is 0 Å².